The van der Waals surface area contributed by atoms with Crippen LogP contribution in [-0.4, -0.2) is 44.2 Å². The molecule has 0 radical (unpaired) electrons. The summed E-state index contributed by atoms with van der Waals surface area (Å²) in [6, 6.07) is 11.3. The number of nitrogens with one attached hydrogen (secondary N) is 1. The molecule has 1 saturated heterocycles. The summed E-state index contributed by atoms with van der Waals surface area (Å²) in [7, 11) is 0. The Kier molecular flexibility index (Phi) is 3.93. The molecule has 0 spiro atoms. The number of phenolic OH excluding ortho intramolecular Hbond substituents is 1. The number of hydrogen-bond donors (Lipinski definition) is 2. The molecule has 1 aliphatic carbocycles. The van der Waals surface area contributed by atoms with Gasteiger partial charge >= 0.3 is 0 Å². The van der Waals surface area contributed by atoms with Crippen molar-refractivity contribution >= 4 is 16.9 Å². The Hall–Kier alpha value is -3.15. The van der Waals surface area contributed by atoms with Crippen LogP contribution >= 0.6 is 0 Å². The van der Waals surface area contributed by atoms with Gasteiger partial charge < -0.3 is 15.0 Å². The summed E-state index contributed by atoms with van der Waals surface area (Å²) >= 11 is 0. The van der Waals surface area contributed by atoms with E-state index in [1.807, 2.05) is 23.1 Å². The molecular formula is C22H22N4O2. The van der Waals surface area contributed by atoms with Crippen LogP contribution in [0, 0.1) is 11.8 Å². The third-order valence-corrected chi connectivity index (χ3v) is 6.32. The fourth-order valence-corrected chi connectivity index (χ4v) is 4.94. The predicted molar refractivity (Wildman–Crippen MR) is 107 cm³/mol. The molecule has 2 fully saturated rings. The molecule has 1 unspecified atom stereocenters. The van der Waals surface area contributed by atoms with Crippen LogP contribution in [0.2, 0.25) is 0 Å². The molecule has 5 rings (SSSR count). The van der Waals surface area contributed by atoms with Crippen LogP contribution in [0.25, 0.3) is 22.3 Å². The molecular weight excluding hydrogens is 352 g/mol. The van der Waals surface area contributed by atoms with E-state index >= 15 is 0 Å². The van der Waals surface area contributed by atoms with Crippen molar-refractivity contribution in [2.45, 2.75) is 18.8 Å². The summed E-state index contributed by atoms with van der Waals surface area (Å²) in [6.07, 6.45) is 3.67. The molecule has 2 aromatic heterocycles. The Morgan fingerprint density at radius 2 is 2.07 bits per heavy atom. The van der Waals surface area contributed by atoms with Crippen molar-refractivity contribution in [3.63, 3.8) is 0 Å². The van der Waals surface area contributed by atoms with Gasteiger partial charge in [-0.25, -0.2) is 0 Å². The van der Waals surface area contributed by atoms with Crippen LogP contribution in [-0.2, 0) is 4.79 Å². The van der Waals surface area contributed by atoms with Gasteiger partial charge in [0.25, 0.3) is 0 Å². The highest BCUT2D eigenvalue weighted by molar-refractivity contribution is 5.87. The zero-order chi connectivity index (χ0) is 19.3. The largest absolute Gasteiger partial charge is 0.507 e. The number of H-pyrrole nitrogens is 1. The van der Waals surface area contributed by atoms with Gasteiger partial charge in [-0.3, -0.25) is 4.79 Å². The van der Waals surface area contributed by atoms with E-state index in [4.69, 9.17) is 0 Å². The van der Waals surface area contributed by atoms with E-state index < -0.39 is 0 Å². The smallest absolute Gasteiger partial charge is 0.245 e. The van der Waals surface area contributed by atoms with E-state index in [0.29, 0.717) is 29.0 Å². The lowest BCUT2D eigenvalue weighted by atomic mass is 9.90. The molecule has 1 amide bonds. The molecule has 2 N–H and O–H groups in total. The number of carbonyl (C=O) groups is 1. The molecule has 1 aromatic carbocycles. The van der Waals surface area contributed by atoms with Crippen molar-refractivity contribution in [1.82, 2.24) is 20.1 Å². The van der Waals surface area contributed by atoms with Gasteiger partial charge in [0.1, 0.15) is 5.75 Å². The molecule has 3 heterocycles. The number of phenols is 1. The van der Waals surface area contributed by atoms with Crippen molar-refractivity contribution < 1.29 is 9.90 Å². The number of fused-ring (bicyclic) bond motifs is 2. The topological polar surface area (TPSA) is 82.1 Å². The molecule has 3 atom stereocenters. The highest BCUT2D eigenvalue weighted by Crippen LogP contribution is 2.47. The van der Waals surface area contributed by atoms with E-state index in [1.165, 1.54) is 11.8 Å². The molecule has 6 nitrogen and oxygen atoms in total. The summed E-state index contributed by atoms with van der Waals surface area (Å²) in [5.41, 5.74) is 3.26. The minimum absolute atomic E-state index is 0.0305. The number of benzene rings is 1. The van der Waals surface area contributed by atoms with Crippen LogP contribution in [0.5, 0.6) is 5.75 Å². The van der Waals surface area contributed by atoms with Crippen molar-refractivity contribution in [1.29, 1.82) is 0 Å². The molecule has 3 aromatic rings. The van der Waals surface area contributed by atoms with Crippen LogP contribution in [0.4, 0.5) is 0 Å². The highest BCUT2D eigenvalue weighted by Gasteiger charge is 2.44. The Morgan fingerprint density at radius 3 is 2.89 bits per heavy atom. The van der Waals surface area contributed by atoms with Crippen molar-refractivity contribution in [3.8, 4) is 17.0 Å². The molecule has 142 valence electrons. The summed E-state index contributed by atoms with van der Waals surface area (Å²) < 4.78 is 0. The second kappa shape index (κ2) is 6.48. The fourth-order valence-electron chi connectivity index (χ4n) is 4.94. The second-order valence-corrected chi connectivity index (χ2v) is 7.83. The van der Waals surface area contributed by atoms with Crippen LogP contribution < -0.4 is 0 Å². The van der Waals surface area contributed by atoms with Crippen LogP contribution in [0.1, 0.15) is 24.5 Å². The van der Waals surface area contributed by atoms with E-state index in [2.05, 4.69) is 27.8 Å². The summed E-state index contributed by atoms with van der Waals surface area (Å²) in [6.45, 7) is 5.25. The standard InChI is InChI=1S/C22H22N4O2/c1-2-21(28)26-11-13-7-8-15(17(13)12-26)18-9-14-10-19(24-25-22(14)23-18)16-5-3-4-6-20(16)27/h2-6,9-10,13,15,17,27H,1,7-8,11-12H2,(H,23,25)/t13-,15?,17+/m1/s1. The van der Waals surface area contributed by atoms with Gasteiger partial charge in [0.05, 0.1) is 5.69 Å². The lowest BCUT2D eigenvalue weighted by Gasteiger charge is -2.19. The number of aromatic hydroxyl groups is 1. The third-order valence-electron chi connectivity index (χ3n) is 6.32. The maximum Gasteiger partial charge on any atom is 0.245 e. The number of likely N-dealkylation sites (tertiary alicyclic amines) is 1. The fraction of sp³-hybridized carbons (Fsp3) is 0.318. The molecule has 1 saturated carbocycles. The first kappa shape index (κ1) is 17.0. The number of rotatable bonds is 3. The van der Waals surface area contributed by atoms with Crippen molar-refractivity contribution in [2.24, 2.45) is 11.8 Å². The minimum Gasteiger partial charge on any atom is -0.507 e. The number of nitrogens with zero attached hydrogens (tertiary/aromatic N) is 3. The number of hydrogen-bond acceptors (Lipinski definition) is 4. The average Bonchev–Trinajstić information content (AvgIpc) is 3.40. The third kappa shape index (κ3) is 2.68. The SMILES string of the molecule is C=CC(=O)N1C[C@H]2CCC(c3cc4cc(-c5ccccc5O)nnc4[nH]3)[C@H]2C1. The molecule has 2 aliphatic rings. The maximum absolute atomic E-state index is 12.0. The van der Waals surface area contributed by atoms with Gasteiger partial charge in [-0.1, -0.05) is 18.7 Å². The molecule has 28 heavy (non-hydrogen) atoms. The first-order valence-corrected chi connectivity index (χ1v) is 9.70. The maximum atomic E-state index is 12.0. The monoisotopic (exact) mass is 374 g/mol. The van der Waals surface area contributed by atoms with Crippen LogP contribution in [0.15, 0.2) is 49.1 Å². The van der Waals surface area contributed by atoms with E-state index in [1.54, 1.807) is 12.1 Å². The molecule has 6 heteroatoms. The predicted octanol–water partition coefficient (Wildman–Crippen LogP) is 3.47. The van der Waals surface area contributed by atoms with Gasteiger partial charge in [-0.15, -0.1) is 10.2 Å². The minimum atomic E-state index is 0.0305. The average molecular weight is 374 g/mol. The molecule has 0 bridgehead atoms. The Balaban J connectivity index is 1.45. The summed E-state index contributed by atoms with van der Waals surface area (Å²) in [5, 5.41) is 19.7. The normalized spacial score (nSPS) is 23.9. The number of carbonyl (C=O) groups excluding carboxylic acids is 1. The van der Waals surface area contributed by atoms with Crippen molar-refractivity contribution in [2.75, 3.05) is 13.1 Å². The van der Waals surface area contributed by atoms with Crippen LogP contribution in [0.3, 0.4) is 0 Å². The van der Waals surface area contributed by atoms with E-state index in [-0.39, 0.29) is 11.7 Å². The van der Waals surface area contributed by atoms with Gasteiger partial charge in [-0.05, 0) is 55.0 Å². The zero-order valence-electron chi connectivity index (χ0n) is 15.5. The first-order chi connectivity index (χ1) is 13.6. The Bertz CT molecular complexity index is 1070. The van der Waals surface area contributed by atoms with Gasteiger partial charge in [0.2, 0.25) is 5.91 Å². The Labute approximate surface area is 162 Å². The number of amides is 1. The van der Waals surface area contributed by atoms with E-state index in [0.717, 1.165) is 37.0 Å². The highest BCUT2D eigenvalue weighted by atomic mass is 16.3. The van der Waals surface area contributed by atoms with E-state index in [9.17, 15) is 9.90 Å². The number of aromatic nitrogens is 3. The number of aromatic amines is 1. The summed E-state index contributed by atoms with van der Waals surface area (Å²) in [4.78, 5) is 17.4. The van der Waals surface area contributed by atoms with Gasteiger partial charge in [-0.2, -0.15) is 0 Å². The quantitative estimate of drug-likeness (QED) is 0.688. The first-order valence-electron chi connectivity index (χ1n) is 9.70. The summed E-state index contributed by atoms with van der Waals surface area (Å²) in [5.74, 6) is 1.66. The van der Waals surface area contributed by atoms with Gasteiger partial charge in [0, 0.05) is 35.7 Å². The molecule has 1 aliphatic heterocycles. The lowest BCUT2D eigenvalue weighted by molar-refractivity contribution is -0.125. The second-order valence-electron chi connectivity index (χ2n) is 7.83. The van der Waals surface area contributed by atoms with Gasteiger partial charge in [0.15, 0.2) is 5.65 Å². The lowest BCUT2D eigenvalue weighted by Crippen LogP contribution is -2.28. The number of para-hydroxylation sites is 1. The van der Waals surface area contributed by atoms with Crippen molar-refractivity contribution in [3.05, 3.63) is 54.7 Å². The Morgan fingerprint density at radius 1 is 1.21 bits per heavy atom. The zero-order valence-corrected chi connectivity index (χ0v) is 15.5.